The van der Waals surface area contributed by atoms with Crippen molar-refractivity contribution < 1.29 is 9.47 Å². The number of nitrogens with one attached hydrogen (secondary N) is 1. The van der Waals surface area contributed by atoms with Gasteiger partial charge < -0.3 is 14.8 Å². The first-order chi connectivity index (χ1) is 10.1. The van der Waals surface area contributed by atoms with E-state index >= 15 is 0 Å². The second-order valence-electron chi connectivity index (χ2n) is 5.11. The highest BCUT2D eigenvalue weighted by Gasteiger charge is 2.11. The maximum atomic E-state index is 5.42. The van der Waals surface area contributed by atoms with Crippen LogP contribution in [0.2, 0.25) is 0 Å². The largest absolute Gasteiger partial charge is 0.493 e. The molecular weight excluding hydrogens is 286 g/mol. The number of hydrogen-bond donors (Lipinski definition) is 1. The first-order valence-electron chi connectivity index (χ1n) is 6.90. The molecule has 0 saturated heterocycles. The zero-order valence-corrected chi connectivity index (χ0v) is 13.7. The summed E-state index contributed by atoms with van der Waals surface area (Å²) in [5.41, 5.74) is 1.03. The Hall–Kier alpha value is -1.82. The van der Waals surface area contributed by atoms with Crippen LogP contribution >= 0.6 is 11.3 Å². The molecule has 0 spiro atoms. The average molecular weight is 307 g/mol. The summed E-state index contributed by atoms with van der Waals surface area (Å²) in [6.45, 7) is 4.97. The van der Waals surface area contributed by atoms with Gasteiger partial charge in [-0.1, -0.05) is 37.3 Å². The summed E-state index contributed by atoms with van der Waals surface area (Å²) in [6.07, 6.45) is 0.960. The number of ether oxygens (including phenoxy) is 2. The number of aromatic nitrogens is 2. The van der Waals surface area contributed by atoms with Crippen molar-refractivity contribution in [3.8, 4) is 11.5 Å². The minimum atomic E-state index is 0.587. The fraction of sp³-hybridized carbons (Fsp3) is 0.467. The van der Waals surface area contributed by atoms with Crippen LogP contribution in [0.4, 0.5) is 5.13 Å². The van der Waals surface area contributed by atoms with Gasteiger partial charge in [0.05, 0.1) is 14.2 Å². The Labute approximate surface area is 129 Å². The SMILES string of the molecule is COc1cccc(CNc2nnc(CC(C)C)s2)c1OC. The van der Waals surface area contributed by atoms with Crippen molar-refractivity contribution in [2.45, 2.75) is 26.8 Å². The van der Waals surface area contributed by atoms with Gasteiger partial charge in [-0.05, 0) is 12.0 Å². The normalized spacial score (nSPS) is 10.7. The smallest absolute Gasteiger partial charge is 0.205 e. The van der Waals surface area contributed by atoms with Crippen LogP contribution in [0.15, 0.2) is 18.2 Å². The highest BCUT2D eigenvalue weighted by molar-refractivity contribution is 7.15. The van der Waals surface area contributed by atoms with Crippen molar-refractivity contribution in [1.82, 2.24) is 10.2 Å². The van der Waals surface area contributed by atoms with Crippen molar-refractivity contribution in [3.63, 3.8) is 0 Å². The molecule has 1 aromatic heterocycles. The zero-order chi connectivity index (χ0) is 15.2. The van der Waals surface area contributed by atoms with Gasteiger partial charge in [-0.3, -0.25) is 0 Å². The van der Waals surface area contributed by atoms with E-state index < -0.39 is 0 Å². The van der Waals surface area contributed by atoms with Crippen molar-refractivity contribution in [1.29, 1.82) is 0 Å². The summed E-state index contributed by atoms with van der Waals surface area (Å²) in [7, 11) is 3.28. The molecule has 0 amide bonds. The van der Waals surface area contributed by atoms with E-state index in [1.807, 2.05) is 18.2 Å². The molecule has 0 bridgehead atoms. The van der Waals surface area contributed by atoms with E-state index in [0.29, 0.717) is 12.5 Å². The number of rotatable bonds is 7. The zero-order valence-electron chi connectivity index (χ0n) is 12.8. The molecule has 0 fully saturated rings. The second-order valence-corrected chi connectivity index (χ2v) is 6.17. The molecule has 5 nitrogen and oxygen atoms in total. The second kappa shape index (κ2) is 7.26. The van der Waals surface area contributed by atoms with E-state index in [1.165, 1.54) is 0 Å². The van der Waals surface area contributed by atoms with Gasteiger partial charge in [-0.15, -0.1) is 10.2 Å². The number of nitrogens with zero attached hydrogens (tertiary/aromatic N) is 2. The van der Waals surface area contributed by atoms with Crippen LogP contribution in [0.3, 0.4) is 0 Å². The third kappa shape index (κ3) is 4.07. The number of anilines is 1. The van der Waals surface area contributed by atoms with Gasteiger partial charge in [-0.2, -0.15) is 0 Å². The third-order valence-corrected chi connectivity index (χ3v) is 3.87. The minimum absolute atomic E-state index is 0.587. The highest BCUT2D eigenvalue weighted by atomic mass is 32.1. The molecule has 0 atom stereocenters. The van der Waals surface area contributed by atoms with E-state index in [9.17, 15) is 0 Å². The number of benzene rings is 1. The van der Waals surface area contributed by atoms with Crippen LogP contribution in [-0.4, -0.2) is 24.4 Å². The van der Waals surface area contributed by atoms with E-state index in [0.717, 1.165) is 33.6 Å². The van der Waals surface area contributed by atoms with Gasteiger partial charge in [0.2, 0.25) is 5.13 Å². The Morgan fingerprint density at radius 3 is 2.67 bits per heavy atom. The fourth-order valence-electron chi connectivity index (χ4n) is 2.02. The van der Waals surface area contributed by atoms with E-state index in [1.54, 1.807) is 25.6 Å². The Kier molecular flexibility index (Phi) is 5.38. The minimum Gasteiger partial charge on any atom is -0.493 e. The molecule has 0 aliphatic heterocycles. The lowest BCUT2D eigenvalue weighted by Crippen LogP contribution is -2.02. The van der Waals surface area contributed by atoms with Crippen LogP contribution in [0, 0.1) is 5.92 Å². The van der Waals surface area contributed by atoms with Crippen molar-refractivity contribution in [2.24, 2.45) is 5.92 Å². The molecule has 114 valence electrons. The summed E-state index contributed by atoms with van der Waals surface area (Å²) >= 11 is 1.60. The predicted molar refractivity (Wildman–Crippen MR) is 85.3 cm³/mol. The van der Waals surface area contributed by atoms with Crippen molar-refractivity contribution in [3.05, 3.63) is 28.8 Å². The predicted octanol–water partition coefficient (Wildman–Crippen LogP) is 3.37. The molecule has 2 rings (SSSR count). The van der Waals surface area contributed by atoms with Crippen molar-refractivity contribution >= 4 is 16.5 Å². The van der Waals surface area contributed by atoms with Crippen LogP contribution in [0.5, 0.6) is 11.5 Å². The van der Waals surface area contributed by atoms with Gasteiger partial charge in [-0.25, -0.2) is 0 Å². The van der Waals surface area contributed by atoms with Crippen LogP contribution < -0.4 is 14.8 Å². The summed E-state index contributed by atoms with van der Waals surface area (Å²) < 4.78 is 10.7. The van der Waals surface area contributed by atoms with Gasteiger partial charge in [0.15, 0.2) is 11.5 Å². The van der Waals surface area contributed by atoms with E-state index in [4.69, 9.17) is 9.47 Å². The lowest BCUT2D eigenvalue weighted by Gasteiger charge is -2.12. The van der Waals surface area contributed by atoms with E-state index in [2.05, 4.69) is 29.4 Å². The lowest BCUT2D eigenvalue weighted by atomic mass is 10.1. The monoisotopic (exact) mass is 307 g/mol. The molecule has 0 saturated carbocycles. The Morgan fingerprint density at radius 2 is 2.00 bits per heavy atom. The van der Waals surface area contributed by atoms with Gasteiger partial charge in [0.25, 0.3) is 0 Å². The molecule has 0 unspecified atom stereocenters. The maximum Gasteiger partial charge on any atom is 0.205 e. The van der Waals surface area contributed by atoms with Gasteiger partial charge in [0.1, 0.15) is 5.01 Å². The molecule has 0 aliphatic carbocycles. The van der Waals surface area contributed by atoms with Gasteiger partial charge in [0, 0.05) is 18.5 Å². The molecule has 1 N–H and O–H groups in total. The highest BCUT2D eigenvalue weighted by Crippen LogP contribution is 2.31. The van der Waals surface area contributed by atoms with E-state index in [-0.39, 0.29) is 0 Å². The standard InChI is InChI=1S/C15H21N3O2S/c1-10(2)8-13-17-18-15(21-13)16-9-11-6-5-7-12(19-3)14(11)20-4/h5-7,10H,8-9H2,1-4H3,(H,16,18). The Balaban J connectivity index is 2.04. The first-order valence-corrected chi connectivity index (χ1v) is 7.71. The number of methoxy groups -OCH3 is 2. The molecular formula is C15H21N3O2S. The van der Waals surface area contributed by atoms with Crippen molar-refractivity contribution in [2.75, 3.05) is 19.5 Å². The summed E-state index contributed by atoms with van der Waals surface area (Å²) in [6, 6.07) is 5.83. The lowest BCUT2D eigenvalue weighted by molar-refractivity contribution is 0.352. The van der Waals surface area contributed by atoms with Crippen LogP contribution in [0.25, 0.3) is 0 Å². The maximum absolute atomic E-state index is 5.42. The summed E-state index contributed by atoms with van der Waals surface area (Å²) in [4.78, 5) is 0. The summed E-state index contributed by atoms with van der Waals surface area (Å²) in [5, 5.41) is 13.5. The topological polar surface area (TPSA) is 56.3 Å². The molecule has 1 heterocycles. The summed E-state index contributed by atoms with van der Waals surface area (Å²) in [5.74, 6) is 2.07. The number of hydrogen-bond acceptors (Lipinski definition) is 6. The number of para-hydroxylation sites is 1. The molecule has 0 radical (unpaired) electrons. The average Bonchev–Trinajstić information content (AvgIpc) is 2.91. The van der Waals surface area contributed by atoms with Crippen LogP contribution in [-0.2, 0) is 13.0 Å². The molecule has 21 heavy (non-hydrogen) atoms. The van der Waals surface area contributed by atoms with Gasteiger partial charge >= 0.3 is 0 Å². The quantitative estimate of drug-likeness (QED) is 0.850. The third-order valence-electron chi connectivity index (χ3n) is 2.96. The Bertz CT molecular complexity index is 584. The first kappa shape index (κ1) is 15.6. The molecule has 1 aromatic carbocycles. The molecule has 6 heteroatoms. The fourth-order valence-corrected chi connectivity index (χ4v) is 2.97. The molecule has 0 aliphatic rings. The molecule has 2 aromatic rings. The van der Waals surface area contributed by atoms with Crippen LogP contribution in [0.1, 0.15) is 24.4 Å². The Morgan fingerprint density at radius 1 is 1.19 bits per heavy atom.